The zero-order chi connectivity index (χ0) is 31.2. The minimum Gasteiger partial charge on any atom is -0.0654 e. The van der Waals surface area contributed by atoms with E-state index in [1.165, 1.54) is 244 Å². The lowest BCUT2D eigenvalue weighted by Crippen LogP contribution is -2.01. The molecule has 0 aliphatic heterocycles. The summed E-state index contributed by atoms with van der Waals surface area (Å²) in [6.07, 6.45) is 57.1. The summed E-state index contributed by atoms with van der Waals surface area (Å²) in [4.78, 5) is 0. The minimum absolute atomic E-state index is 1.01. The van der Waals surface area contributed by atoms with Crippen molar-refractivity contribution in [2.24, 2.45) is 5.92 Å². The molecule has 0 aromatic heterocycles. The molecule has 0 nitrogen and oxygen atoms in total. The zero-order valence-corrected chi connectivity index (χ0v) is 30.9. The van der Waals surface area contributed by atoms with Gasteiger partial charge in [-0.15, -0.1) is 0 Å². The molecule has 1 atom stereocenters. The van der Waals surface area contributed by atoms with Crippen LogP contribution in [-0.4, -0.2) is 0 Å². The molecule has 0 aromatic carbocycles. The molecule has 0 spiro atoms. The molecule has 0 fully saturated rings. The Bertz CT molecular complexity index is 453. The Morgan fingerprint density at radius 2 is 0.442 bits per heavy atom. The van der Waals surface area contributed by atoms with E-state index in [-0.39, 0.29) is 0 Å². The van der Waals surface area contributed by atoms with Gasteiger partial charge in [-0.25, -0.2) is 0 Å². The fourth-order valence-corrected chi connectivity index (χ4v) is 7.18. The largest absolute Gasteiger partial charge is 0.0654 e. The lowest BCUT2D eigenvalue weighted by atomic mass is 9.89. The predicted molar refractivity (Wildman–Crippen MR) is 200 cm³/mol. The molecule has 259 valence electrons. The molecule has 0 heteroatoms. The molecule has 1 unspecified atom stereocenters. The summed E-state index contributed by atoms with van der Waals surface area (Å²) in [6.45, 7) is 8.70. The van der Waals surface area contributed by atoms with Gasteiger partial charge in [-0.3, -0.25) is 0 Å². The normalized spacial score (nSPS) is 12.3. The quantitative estimate of drug-likeness (QED) is 0.0613. The Kier molecular flexibility index (Phi) is 40.0. The average molecular weight is 604 g/mol. The van der Waals surface area contributed by atoms with Crippen LogP contribution in [0.3, 0.4) is 0 Å². The summed E-state index contributed by atoms with van der Waals surface area (Å²) in [7, 11) is 0. The van der Waals surface area contributed by atoms with E-state index in [1.807, 2.05) is 0 Å². The number of unbranched alkanes of at least 4 members (excludes halogenated alkanes) is 33. The first-order chi connectivity index (χ1) is 21.3. The molecular weight excluding hydrogens is 516 g/mol. The van der Waals surface area contributed by atoms with Crippen molar-refractivity contribution in [2.75, 3.05) is 0 Å². The van der Waals surface area contributed by atoms with Crippen molar-refractivity contribution in [3.63, 3.8) is 0 Å². The van der Waals surface area contributed by atoms with Crippen molar-refractivity contribution in [1.29, 1.82) is 0 Å². The number of hydrogen-bond acceptors (Lipinski definition) is 0. The van der Waals surface area contributed by atoms with Gasteiger partial charge in [-0.05, 0) is 5.92 Å². The maximum Gasteiger partial charge on any atom is -0.0414 e. The van der Waals surface area contributed by atoms with Crippen LogP contribution in [0.25, 0.3) is 0 Å². The molecule has 0 saturated heterocycles. The standard InChI is InChI=1S/C43H87/c1-4-7-10-12-14-16-18-20-21-22-23-24-25-26-28-30-32-34-36-39-42-43(40-37-9-6-3)41-38-35-33-31-29-27-19-17-15-13-11-8-5-2/h43H,3-42H2,1-2H3. The Hall–Kier alpha value is 0. The van der Waals surface area contributed by atoms with Gasteiger partial charge in [-0.2, -0.15) is 0 Å². The fraction of sp³-hybridized carbons (Fsp3) is 0.977. The van der Waals surface area contributed by atoms with Crippen LogP contribution in [0, 0.1) is 12.8 Å². The lowest BCUT2D eigenvalue weighted by molar-refractivity contribution is 0.368. The highest BCUT2D eigenvalue weighted by molar-refractivity contribution is 4.62. The van der Waals surface area contributed by atoms with Crippen LogP contribution in [0.5, 0.6) is 0 Å². The van der Waals surface area contributed by atoms with Crippen LogP contribution in [-0.2, 0) is 0 Å². The molecule has 0 aliphatic rings. The Morgan fingerprint density at radius 1 is 0.256 bits per heavy atom. The topological polar surface area (TPSA) is 0 Å². The maximum atomic E-state index is 4.08. The van der Waals surface area contributed by atoms with Gasteiger partial charge in [0.2, 0.25) is 0 Å². The van der Waals surface area contributed by atoms with Crippen LogP contribution in [0.15, 0.2) is 0 Å². The van der Waals surface area contributed by atoms with Gasteiger partial charge in [0.05, 0.1) is 0 Å². The van der Waals surface area contributed by atoms with Crippen molar-refractivity contribution < 1.29 is 0 Å². The molecule has 1 radical (unpaired) electrons. The summed E-state index contributed by atoms with van der Waals surface area (Å²) >= 11 is 0. The third-order valence-electron chi connectivity index (χ3n) is 10.3. The molecule has 0 heterocycles. The van der Waals surface area contributed by atoms with E-state index in [4.69, 9.17) is 0 Å². The average Bonchev–Trinajstić information content (AvgIpc) is 3.02. The van der Waals surface area contributed by atoms with Gasteiger partial charge in [0.25, 0.3) is 0 Å². The first-order valence-electron chi connectivity index (χ1n) is 21.1. The van der Waals surface area contributed by atoms with Gasteiger partial charge >= 0.3 is 0 Å². The highest BCUT2D eigenvalue weighted by atomic mass is 14.1. The monoisotopic (exact) mass is 604 g/mol. The van der Waals surface area contributed by atoms with Gasteiger partial charge in [0, 0.05) is 0 Å². The van der Waals surface area contributed by atoms with Gasteiger partial charge in [0.1, 0.15) is 0 Å². The number of hydrogen-bond donors (Lipinski definition) is 0. The smallest absolute Gasteiger partial charge is 0.0414 e. The van der Waals surface area contributed by atoms with Crippen molar-refractivity contribution in [3.05, 3.63) is 6.92 Å². The zero-order valence-electron chi connectivity index (χ0n) is 30.9. The highest BCUT2D eigenvalue weighted by Crippen LogP contribution is 2.25. The highest BCUT2D eigenvalue weighted by Gasteiger charge is 2.08. The molecule has 0 N–H and O–H groups in total. The van der Waals surface area contributed by atoms with Crippen molar-refractivity contribution in [3.8, 4) is 0 Å². The van der Waals surface area contributed by atoms with Crippen molar-refractivity contribution in [1.82, 2.24) is 0 Å². The maximum absolute atomic E-state index is 4.08. The molecule has 0 amide bonds. The first-order valence-corrected chi connectivity index (χ1v) is 21.1. The van der Waals surface area contributed by atoms with E-state index in [9.17, 15) is 0 Å². The summed E-state index contributed by atoms with van der Waals surface area (Å²) in [5, 5.41) is 0. The third kappa shape index (κ3) is 38.1. The van der Waals surface area contributed by atoms with Gasteiger partial charge in [-0.1, -0.05) is 271 Å². The van der Waals surface area contributed by atoms with Gasteiger partial charge in [0.15, 0.2) is 0 Å². The summed E-state index contributed by atoms with van der Waals surface area (Å²) in [5.41, 5.74) is 0. The Labute approximate surface area is 276 Å². The van der Waals surface area contributed by atoms with E-state index in [2.05, 4.69) is 20.8 Å². The molecule has 0 aromatic rings. The van der Waals surface area contributed by atoms with E-state index < -0.39 is 0 Å². The molecule has 0 aliphatic carbocycles. The summed E-state index contributed by atoms with van der Waals surface area (Å²) < 4.78 is 0. The van der Waals surface area contributed by atoms with E-state index in [0.29, 0.717) is 0 Å². The second-order valence-corrected chi connectivity index (χ2v) is 14.8. The summed E-state index contributed by atoms with van der Waals surface area (Å²) in [6, 6.07) is 0. The van der Waals surface area contributed by atoms with Crippen LogP contribution < -0.4 is 0 Å². The Balaban J connectivity index is 3.49. The minimum atomic E-state index is 1.01. The SMILES string of the molecule is [CH2]CCCCC(CCCCCCCCCCCCCCC)CCCCCCCCCCCCCCCCCCCCCC. The molecule has 0 rings (SSSR count). The van der Waals surface area contributed by atoms with Crippen molar-refractivity contribution in [2.45, 2.75) is 264 Å². The molecule has 0 saturated carbocycles. The van der Waals surface area contributed by atoms with Gasteiger partial charge < -0.3 is 0 Å². The molecule has 0 bridgehead atoms. The first kappa shape index (κ1) is 43.0. The van der Waals surface area contributed by atoms with Crippen LogP contribution in [0.1, 0.15) is 264 Å². The second kappa shape index (κ2) is 40.0. The third-order valence-corrected chi connectivity index (χ3v) is 10.3. The fourth-order valence-electron chi connectivity index (χ4n) is 7.18. The summed E-state index contributed by atoms with van der Waals surface area (Å²) in [5.74, 6) is 1.01. The van der Waals surface area contributed by atoms with E-state index >= 15 is 0 Å². The van der Waals surface area contributed by atoms with Crippen LogP contribution in [0.2, 0.25) is 0 Å². The van der Waals surface area contributed by atoms with Crippen molar-refractivity contribution >= 4 is 0 Å². The van der Waals surface area contributed by atoms with Crippen LogP contribution >= 0.6 is 0 Å². The lowest BCUT2D eigenvalue weighted by Gasteiger charge is -2.17. The Morgan fingerprint density at radius 3 is 0.651 bits per heavy atom. The predicted octanol–water partition coefficient (Wildman–Crippen LogP) is 16.7. The van der Waals surface area contributed by atoms with Crippen LogP contribution in [0.4, 0.5) is 0 Å². The molecular formula is C43H87. The second-order valence-electron chi connectivity index (χ2n) is 14.8. The molecule has 43 heavy (non-hydrogen) atoms. The van der Waals surface area contributed by atoms with E-state index in [1.54, 1.807) is 0 Å². The van der Waals surface area contributed by atoms with E-state index in [0.717, 1.165) is 12.3 Å². The number of rotatable bonds is 39.